The van der Waals surface area contributed by atoms with E-state index in [1.165, 1.54) is 0 Å². The molecule has 0 atom stereocenters. The van der Waals surface area contributed by atoms with Gasteiger partial charge >= 0.3 is 0 Å². The number of phenolic OH excluding ortho intramolecular Hbond substituents is 1. The molecule has 16 heavy (non-hydrogen) atoms. The third-order valence-electron chi connectivity index (χ3n) is 2.20. The van der Waals surface area contributed by atoms with E-state index in [-0.39, 0.29) is 0 Å². The fourth-order valence-corrected chi connectivity index (χ4v) is 1.30. The molecule has 0 aliphatic heterocycles. The first-order chi connectivity index (χ1) is 7.84. The number of nitrogens with one attached hydrogen (secondary N) is 1. The number of ether oxygens (including phenoxy) is 1. The van der Waals surface area contributed by atoms with Crippen LogP contribution in [0.25, 0.3) is 0 Å². The van der Waals surface area contributed by atoms with Crippen molar-refractivity contribution < 1.29 is 9.84 Å². The highest BCUT2D eigenvalue weighted by atomic mass is 16.5. The molecule has 0 aliphatic rings. The molecule has 1 aromatic rings. The third-order valence-corrected chi connectivity index (χ3v) is 2.20. The monoisotopic (exact) mass is 221 g/mol. The van der Waals surface area contributed by atoms with Gasteiger partial charge in [-0.05, 0) is 12.5 Å². The van der Waals surface area contributed by atoms with Crippen molar-refractivity contribution in [1.82, 2.24) is 5.32 Å². The van der Waals surface area contributed by atoms with Crippen molar-refractivity contribution in [2.45, 2.75) is 13.0 Å². The van der Waals surface area contributed by atoms with E-state index in [1.54, 1.807) is 6.07 Å². The van der Waals surface area contributed by atoms with Gasteiger partial charge in [0.05, 0.1) is 13.2 Å². The lowest BCUT2D eigenvalue weighted by atomic mass is 10.2. The van der Waals surface area contributed by atoms with Gasteiger partial charge in [-0.2, -0.15) is 0 Å². The van der Waals surface area contributed by atoms with Crippen LogP contribution in [0.3, 0.4) is 0 Å². The minimum atomic E-state index is 0.336. The molecule has 1 rings (SSSR count). The SMILES string of the molecule is C=CCCOCCNCc1ccccc1O. The molecule has 0 aromatic heterocycles. The van der Waals surface area contributed by atoms with Crippen LogP contribution >= 0.6 is 0 Å². The molecule has 0 bridgehead atoms. The molecule has 0 fully saturated rings. The van der Waals surface area contributed by atoms with Crippen molar-refractivity contribution in [2.24, 2.45) is 0 Å². The van der Waals surface area contributed by atoms with E-state index in [9.17, 15) is 5.11 Å². The quantitative estimate of drug-likeness (QED) is 0.521. The van der Waals surface area contributed by atoms with Crippen molar-refractivity contribution >= 4 is 0 Å². The van der Waals surface area contributed by atoms with Crippen LogP contribution in [0, 0.1) is 0 Å². The molecule has 0 radical (unpaired) electrons. The smallest absolute Gasteiger partial charge is 0.120 e. The lowest BCUT2D eigenvalue weighted by molar-refractivity contribution is 0.140. The Hall–Kier alpha value is -1.32. The second-order valence-electron chi connectivity index (χ2n) is 3.50. The zero-order valence-electron chi connectivity index (χ0n) is 9.48. The van der Waals surface area contributed by atoms with Gasteiger partial charge < -0.3 is 15.2 Å². The first-order valence-electron chi connectivity index (χ1n) is 5.51. The van der Waals surface area contributed by atoms with Crippen LogP contribution < -0.4 is 5.32 Å². The highest BCUT2D eigenvalue weighted by molar-refractivity contribution is 5.31. The summed E-state index contributed by atoms with van der Waals surface area (Å²) in [4.78, 5) is 0. The molecule has 0 heterocycles. The van der Waals surface area contributed by atoms with Crippen molar-refractivity contribution in [1.29, 1.82) is 0 Å². The van der Waals surface area contributed by atoms with Gasteiger partial charge in [0.15, 0.2) is 0 Å². The first kappa shape index (κ1) is 12.7. The minimum Gasteiger partial charge on any atom is -0.508 e. The first-order valence-corrected chi connectivity index (χ1v) is 5.51. The highest BCUT2D eigenvalue weighted by Gasteiger charge is 1.97. The summed E-state index contributed by atoms with van der Waals surface area (Å²) in [6.07, 6.45) is 2.73. The van der Waals surface area contributed by atoms with Crippen molar-refractivity contribution in [3.8, 4) is 5.75 Å². The molecule has 0 aliphatic carbocycles. The van der Waals surface area contributed by atoms with Crippen LogP contribution in [-0.2, 0) is 11.3 Å². The van der Waals surface area contributed by atoms with Crippen LogP contribution in [0.4, 0.5) is 0 Å². The van der Waals surface area contributed by atoms with Gasteiger partial charge in [0, 0.05) is 18.7 Å². The second-order valence-corrected chi connectivity index (χ2v) is 3.50. The maximum absolute atomic E-state index is 9.50. The van der Waals surface area contributed by atoms with Gasteiger partial charge in [-0.1, -0.05) is 24.3 Å². The molecular formula is C13H19NO2. The van der Waals surface area contributed by atoms with Gasteiger partial charge in [-0.25, -0.2) is 0 Å². The van der Waals surface area contributed by atoms with E-state index in [4.69, 9.17) is 4.74 Å². The summed E-state index contributed by atoms with van der Waals surface area (Å²) in [5, 5.41) is 12.7. The molecular weight excluding hydrogens is 202 g/mol. The van der Waals surface area contributed by atoms with Gasteiger partial charge in [0.1, 0.15) is 5.75 Å². The Kier molecular flexibility index (Phi) is 6.30. The lowest BCUT2D eigenvalue weighted by Crippen LogP contribution is -2.19. The van der Waals surface area contributed by atoms with Crippen LogP contribution in [0.15, 0.2) is 36.9 Å². The number of hydrogen-bond acceptors (Lipinski definition) is 3. The van der Waals surface area contributed by atoms with E-state index in [0.29, 0.717) is 18.9 Å². The Bertz CT molecular complexity index is 313. The van der Waals surface area contributed by atoms with Crippen LogP contribution in [0.2, 0.25) is 0 Å². The zero-order valence-corrected chi connectivity index (χ0v) is 9.48. The fraction of sp³-hybridized carbons (Fsp3) is 0.385. The molecule has 0 spiro atoms. The lowest BCUT2D eigenvalue weighted by Gasteiger charge is -2.06. The molecule has 1 aromatic carbocycles. The van der Waals surface area contributed by atoms with E-state index < -0.39 is 0 Å². The van der Waals surface area contributed by atoms with Gasteiger partial charge in [-0.3, -0.25) is 0 Å². The number of rotatable bonds is 8. The number of hydrogen-bond donors (Lipinski definition) is 2. The Morgan fingerprint density at radius 2 is 2.12 bits per heavy atom. The fourth-order valence-electron chi connectivity index (χ4n) is 1.30. The van der Waals surface area contributed by atoms with E-state index in [1.807, 2.05) is 24.3 Å². The molecule has 0 saturated carbocycles. The predicted molar refractivity (Wildman–Crippen MR) is 65.4 cm³/mol. The summed E-state index contributed by atoms with van der Waals surface area (Å²) >= 11 is 0. The number of benzene rings is 1. The van der Waals surface area contributed by atoms with Gasteiger partial charge in [-0.15, -0.1) is 6.58 Å². The Balaban J connectivity index is 2.07. The molecule has 3 nitrogen and oxygen atoms in total. The maximum Gasteiger partial charge on any atom is 0.120 e. The summed E-state index contributed by atoms with van der Waals surface area (Å²) < 4.78 is 5.35. The average molecular weight is 221 g/mol. The molecule has 0 saturated heterocycles. The molecule has 2 N–H and O–H groups in total. The molecule has 3 heteroatoms. The van der Waals surface area contributed by atoms with Crippen molar-refractivity contribution in [3.63, 3.8) is 0 Å². The number of aromatic hydroxyl groups is 1. The van der Waals surface area contributed by atoms with Crippen LogP contribution in [0.5, 0.6) is 5.75 Å². The Morgan fingerprint density at radius 1 is 1.31 bits per heavy atom. The Morgan fingerprint density at radius 3 is 2.88 bits per heavy atom. The van der Waals surface area contributed by atoms with Crippen LogP contribution in [0.1, 0.15) is 12.0 Å². The summed E-state index contributed by atoms with van der Waals surface area (Å²) in [5.74, 6) is 0.336. The predicted octanol–water partition coefficient (Wildman–Crippen LogP) is 2.07. The summed E-state index contributed by atoms with van der Waals surface area (Å²) in [5.41, 5.74) is 0.911. The third kappa shape index (κ3) is 4.96. The molecule has 88 valence electrons. The average Bonchev–Trinajstić information content (AvgIpc) is 2.30. The van der Waals surface area contributed by atoms with Crippen molar-refractivity contribution in [2.75, 3.05) is 19.8 Å². The largest absolute Gasteiger partial charge is 0.508 e. The second kappa shape index (κ2) is 7.91. The van der Waals surface area contributed by atoms with Gasteiger partial charge in [0.25, 0.3) is 0 Å². The van der Waals surface area contributed by atoms with Crippen molar-refractivity contribution in [3.05, 3.63) is 42.5 Å². The van der Waals surface area contributed by atoms with Crippen LogP contribution in [-0.4, -0.2) is 24.9 Å². The van der Waals surface area contributed by atoms with E-state index >= 15 is 0 Å². The van der Waals surface area contributed by atoms with Gasteiger partial charge in [0.2, 0.25) is 0 Å². The molecule has 0 unspecified atom stereocenters. The topological polar surface area (TPSA) is 41.5 Å². The van der Waals surface area contributed by atoms with E-state index in [0.717, 1.165) is 25.1 Å². The standard InChI is InChI=1S/C13H19NO2/c1-2-3-9-16-10-8-14-11-12-6-4-5-7-13(12)15/h2,4-7,14-15H,1,3,8-11H2. The number of phenols is 1. The summed E-state index contributed by atoms with van der Waals surface area (Å²) in [6.45, 7) is 6.47. The highest BCUT2D eigenvalue weighted by Crippen LogP contribution is 2.14. The Labute approximate surface area is 96.8 Å². The summed E-state index contributed by atoms with van der Waals surface area (Å²) in [7, 11) is 0. The van der Waals surface area contributed by atoms with E-state index in [2.05, 4.69) is 11.9 Å². The number of para-hydroxylation sites is 1. The molecule has 0 amide bonds. The zero-order chi connectivity index (χ0) is 11.6. The maximum atomic E-state index is 9.50. The normalized spacial score (nSPS) is 10.2. The minimum absolute atomic E-state index is 0.336. The summed E-state index contributed by atoms with van der Waals surface area (Å²) in [6, 6.07) is 7.33.